The van der Waals surface area contributed by atoms with Gasteiger partial charge in [0.25, 0.3) is 0 Å². The first-order chi connectivity index (χ1) is 10.2. The third kappa shape index (κ3) is 2.10. The van der Waals surface area contributed by atoms with E-state index in [0.717, 1.165) is 20.6 Å². The molecule has 4 rings (SSSR count). The Balaban J connectivity index is 1.99. The van der Waals surface area contributed by atoms with Crippen LogP contribution in [-0.4, -0.2) is 9.55 Å². The van der Waals surface area contributed by atoms with Gasteiger partial charge in [0, 0.05) is 6.04 Å². The van der Waals surface area contributed by atoms with Crippen LogP contribution < -0.4 is 0 Å². The van der Waals surface area contributed by atoms with E-state index in [-0.39, 0.29) is 0 Å². The van der Waals surface area contributed by atoms with Crippen LogP contribution in [-0.2, 0) is 0 Å². The largest absolute Gasteiger partial charge is 0.320 e. The molecule has 1 aliphatic rings. The molecule has 0 amide bonds. The number of halogens is 1. The van der Waals surface area contributed by atoms with Gasteiger partial charge in [-0.05, 0) is 65.5 Å². The molecule has 1 fully saturated rings. The first kappa shape index (κ1) is 13.1. The average molecular weight is 358 g/mol. The monoisotopic (exact) mass is 357 g/mol. The highest BCUT2D eigenvalue weighted by molar-refractivity contribution is 9.11. The molecule has 2 aromatic heterocycles. The Kier molecular flexibility index (Phi) is 2.91. The highest BCUT2D eigenvalue weighted by Gasteiger charge is 2.29. The highest BCUT2D eigenvalue weighted by Crippen LogP contribution is 2.43. The summed E-state index contributed by atoms with van der Waals surface area (Å²) in [5.74, 6) is 1.03. The average Bonchev–Trinajstić information content (AvgIpc) is 3.17. The smallest absolute Gasteiger partial charge is 0.151 e. The number of nitrogens with zero attached hydrogens (tertiary/aromatic N) is 3. The molecule has 21 heavy (non-hydrogen) atoms. The first-order valence-corrected chi connectivity index (χ1v) is 8.46. The molecular weight excluding hydrogens is 346 g/mol. The quantitative estimate of drug-likeness (QED) is 0.644. The summed E-state index contributed by atoms with van der Waals surface area (Å²) < 4.78 is 3.50. The lowest BCUT2D eigenvalue weighted by atomic mass is 10.2. The Labute approximate surface area is 135 Å². The molecule has 0 aliphatic heterocycles. The molecule has 2 heterocycles. The van der Waals surface area contributed by atoms with E-state index in [1.165, 1.54) is 23.3 Å². The molecule has 104 valence electrons. The van der Waals surface area contributed by atoms with Crippen molar-refractivity contribution in [2.45, 2.75) is 25.8 Å². The molecule has 1 saturated carbocycles. The maximum Gasteiger partial charge on any atom is 0.151 e. The van der Waals surface area contributed by atoms with E-state index in [1.54, 1.807) is 11.3 Å². The number of thiophene rings is 1. The fraction of sp³-hybridized carbons (Fsp3) is 0.250. The van der Waals surface area contributed by atoms with Gasteiger partial charge in [-0.15, -0.1) is 11.3 Å². The molecule has 5 heteroatoms. The Morgan fingerprint density at radius 3 is 2.81 bits per heavy atom. The van der Waals surface area contributed by atoms with Gasteiger partial charge in [0.2, 0.25) is 0 Å². The van der Waals surface area contributed by atoms with Crippen molar-refractivity contribution in [3.8, 4) is 16.8 Å². The summed E-state index contributed by atoms with van der Waals surface area (Å²) in [6.45, 7) is 2.10. The van der Waals surface area contributed by atoms with Crippen LogP contribution in [0.25, 0.3) is 21.7 Å². The van der Waals surface area contributed by atoms with E-state index in [1.807, 2.05) is 18.2 Å². The number of hydrogen-bond donors (Lipinski definition) is 0. The molecule has 1 aromatic carbocycles. The van der Waals surface area contributed by atoms with Gasteiger partial charge in [0.05, 0.1) is 31.3 Å². The van der Waals surface area contributed by atoms with Crippen molar-refractivity contribution in [1.82, 2.24) is 9.55 Å². The number of fused-ring (bicyclic) bond motifs is 1. The Morgan fingerprint density at radius 2 is 2.19 bits per heavy atom. The normalized spacial score (nSPS) is 14.5. The number of hydrogen-bond acceptors (Lipinski definition) is 3. The van der Waals surface area contributed by atoms with Crippen molar-refractivity contribution in [2.24, 2.45) is 0 Å². The van der Waals surface area contributed by atoms with Gasteiger partial charge in [-0.3, -0.25) is 0 Å². The van der Waals surface area contributed by atoms with Crippen molar-refractivity contribution in [2.75, 3.05) is 0 Å². The molecule has 0 radical (unpaired) electrons. The van der Waals surface area contributed by atoms with Crippen LogP contribution in [0.15, 0.2) is 28.1 Å². The van der Waals surface area contributed by atoms with Crippen LogP contribution in [0.3, 0.4) is 0 Å². The minimum Gasteiger partial charge on any atom is -0.320 e. The summed E-state index contributed by atoms with van der Waals surface area (Å²) >= 11 is 5.32. The standard InChI is InChI=1S/C16H12BrN3S/c1-9-6-14(21-15(9)17)16-19-12-7-10(8-18)2-5-13(12)20(16)11-3-4-11/h2,5-7,11H,3-4H2,1H3. The summed E-state index contributed by atoms with van der Waals surface area (Å²) in [6.07, 6.45) is 2.42. The van der Waals surface area contributed by atoms with Crippen LogP contribution >= 0.6 is 27.3 Å². The zero-order valence-corrected chi connectivity index (χ0v) is 13.8. The molecule has 0 bridgehead atoms. The number of rotatable bonds is 2. The van der Waals surface area contributed by atoms with E-state index in [2.05, 4.69) is 39.6 Å². The molecular formula is C16H12BrN3S. The Bertz CT molecular complexity index is 877. The molecule has 0 saturated heterocycles. The van der Waals surface area contributed by atoms with Crippen LogP contribution in [0.1, 0.15) is 30.0 Å². The second kappa shape index (κ2) is 4.69. The topological polar surface area (TPSA) is 41.6 Å². The van der Waals surface area contributed by atoms with E-state index in [4.69, 9.17) is 10.2 Å². The van der Waals surface area contributed by atoms with E-state index in [9.17, 15) is 0 Å². The van der Waals surface area contributed by atoms with Gasteiger partial charge in [-0.2, -0.15) is 5.26 Å². The first-order valence-electron chi connectivity index (χ1n) is 6.86. The zero-order valence-electron chi connectivity index (χ0n) is 11.4. The van der Waals surface area contributed by atoms with Crippen molar-refractivity contribution in [1.29, 1.82) is 5.26 Å². The molecule has 3 aromatic rings. The highest BCUT2D eigenvalue weighted by atomic mass is 79.9. The second-order valence-corrected chi connectivity index (χ2v) is 7.79. The minimum atomic E-state index is 0.555. The zero-order chi connectivity index (χ0) is 14.6. The van der Waals surface area contributed by atoms with Crippen molar-refractivity contribution in [3.63, 3.8) is 0 Å². The number of imidazole rings is 1. The van der Waals surface area contributed by atoms with E-state index < -0.39 is 0 Å². The van der Waals surface area contributed by atoms with Gasteiger partial charge in [0.1, 0.15) is 0 Å². The van der Waals surface area contributed by atoms with Gasteiger partial charge in [-0.25, -0.2) is 4.98 Å². The minimum absolute atomic E-state index is 0.555. The summed E-state index contributed by atoms with van der Waals surface area (Å²) in [4.78, 5) is 5.99. The molecule has 3 nitrogen and oxygen atoms in total. The van der Waals surface area contributed by atoms with E-state index >= 15 is 0 Å². The Hall–Kier alpha value is -1.64. The fourth-order valence-corrected chi connectivity index (χ4v) is 4.14. The molecule has 1 aliphatic carbocycles. The SMILES string of the molecule is Cc1cc(-c2nc3cc(C#N)ccc3n2C2CC2)sc1Br. The van der Waals surface area contributed by atoms with E-state index in [0.29, 0.717) is 11.6 Å². The van der Waals surface area contributed by atoms with Gasteiger partial charge in [-0.1, -0.05) is 0 Å². The second-order valence-electron chi connectivity index (χ2n) is 5.42. The Morgan fingerprint density at radius 1 is 1.38 bits per heavy atom. The van der Waals surface area contributed by atoms with Crippen molar-refractivity contribution < 1.29 is 0 Å². The predicted molar refractivity (Wildman–Crippen MR) is 88.5 cm³/mol. The molecule has 0 spiro atoms. The van der Waals surface area contributed by atoms with Crippen LogP contribution in [0, 0.1) is 18.3 Å². The number of aromatic nitrogens is 2. The maximum absolute atomic E-state index is 9.06. The fourth-order valence-electron chi connectivity index (χ4n) is 2.61. The van der Waals surface area contributed by atoms with Crippen LogP contribution in [0.4, 0.5) is 0 Å². The third-order valence-electron chi connectivity index (χ3n) is 3.81. The number of benzene rings is 1. The lowest BCUT2D eigenvalue weighted by Crippen LogP contribution is -1.96. The summed E-state index contributed by atoms with van der Waals surface area (Å²) in [5.41, 5.74) is 3.95. The van der Waals surface area contributed by atoms with Crippen molar-refractivity contribution >= 4 is 38.3 Å². The van der Waals surface area contributed by atoms with Gasteiger partial charge in [0.15, 0.2) is 5.82 Å². The maximum atomic E-state index is 9.06. The molecule has 0 N–H and O–H groups in total. The summed E-state index contributed by atoms with van der Waals surface area (Å²) in [6, 6.07) is 10.7. The number of nitriles is 1. The molecule has 0 unspecified atom stereocenters. The molecule has 0 atom stereocenters. The summed E-state index contributed by atoms with van der Waals surface area (Å²) in [7, 11) is 0. The van der Waals surface area contributed by atoms with Crippen LogP contribution in [0.2, 0.25) is 0 Å². The predicted octanol–water partition coefficient (Wildman–Crippen LogP) is 5.04. The lowest BCUT2D eigenvalue weighted by Gasteiger charge is -2.05. The van der Waals surface area contributed by atoms with Gasteiger partial charge < -0.3 is 4.57 Å². The number of aryl methyl sites for hydroxylation is 1. The lowest BCUT2D eigenvalue weighted by molar-refractivity contribution is 0.776. The third-order valence-corrected chi connectivity index (χ3v) is 5.94. The summed E-state index contributed by atoms with van der Waals surface area (Å²) in [5, 5.41) is 9.06. The van der Waals surface area contributed by atoms with Crippen molar-refractivity contribution in [3.05, 3.63) is 39.2 Å². The van der Waals surface area contributed by atoms with Crippen LogP contribution in [0.5, 0.6) is 0 Å². The van der Waals surface area contributed by atoms with Gasteiger partial charge >= 0.3 is 0 Å².